The van der Waals surface area contributed by atoms with E-state index in [0.717, 1.165) is 25.0 Å². The number of hydrogen-bond acceptors (Lipinski definition) is 11. The number of aromatic hydroxyl groups is 4. The molecule has 0 unspecified atom stereocenters. The van der Waals surface area contributed by atoms with E-state index in [1.165, 1.54) is 47.4 Å². The first-order chi connectivity index (χ1) is 19.9. The summed E-state index contributed by atoms with van der Waals surface area (Å²) >= 11 is 0. The van der Waals surface area contributed by atoms with Crippen molar-refractivity contribution in [3.63, 3.8) is 0 Å². The zero-order valence-corrected chi connectivity index (χ0v) is 22.6. The number of rotatable bonds is 8. The fourth-order valence-electron chi connectivity index (χ4n) is 5.05. The first-order valence-electron chi connectivity index (χ1n) is 13.4. The van der Waals surface area contributed by atoms with Crippen LogP contribution in [0.25, 0.3) is 6.08 Å². The van der Waals surface area contributed by atoms with Crippen molar-refractivity contribution in [2.45, 2.75) is 56.0 Å². The van der Waals surface area contributed by atoms with Gasteiger partial charge in [0.1, 0.15) is 11.7 Å². The van der Waals surface area contributed by atoms with Gasteiger partial charge in [0.05, 0.1) is 6.10 Å². The molecule has 42 heavy (non-hydrogen) atoms. The van der Waals surface area contributed by atoms with Crippen molar-refractivity contribution in [3.05, 3.63) is 65.8 Å². The summed E-state index contributed by atoms with van der Waals surface area (Å²) in [4.78, 5) is 40.0. The number of amides is 1. The molecule has 4 atom stereocenters. The number of benzene rings is 2. The lowest BCUT2D eigenvalue weighted by atomic mass is 9.78. The summed E-state index contributed by atoms with van der Waals surface area (Å²) in [6.45, 7) is 0.903. The lowest BCUT2D eigenvalue weighted by molar-refractivity contribution is -0.201. The van der Waals surface area contributed by atoms with E-state index in [0.29, 0.717) is 24.2 Å². The van der Waals surface area contributed by atoms with Crippen molar-refractivity contribution in [3.8, 4) is 23.0 Å². The van der Waals surface area contributed by atoms with Crippen molar-refractivity contribution in [2.75, 3.05) is 13.1 Å². The second-order valence-electron chi connectivity index (χ2n) is 10.4. The summed E-state index contributed by atoms with van der Waals surface area (Å²) in [5.74, 6) is -3.74. The minimum Gasteiger partial charge on any atom is -0.504 e. The van der Waals surface area contributed by atoms with Crippen LogP contribution in [0, 0.1) is 0 Å². The van der Waals surface area contributed by atoms with E-state index in [1.807, 2.05) is 0 Å². The Morgan fingerprint density at radius 1 is 0.857 bits per heavy atom. The molecule has 0 radical (unpaired) electrons. The summed E-state index contributed by atoms with van der Waals surface area (Å²) in [7, 11) is 0. The van der Waals surface area contributed by atoms with Crippen LogP contribution in [0.4, 0.5) is 0 Å². The van der Waals surface area contributed by atoms with Crippen molar-refractivity contribution in [1.29, 1.82) is 0 Å². The number of carbonyl (C=O) groups is 3. The Balaban J connectivity index is 1.48. The number of likely N-dealkylation sites (tertiary alicyclic amines) is 1. The number of carbonyl (C=O) groups excluding carboxylic acids is 3. The van der Waals surface area contributed by atoms with Gasteiger partial charge in [-0.1, -0.05) is 18.2 Å². The first-order valence-corrected chi connectivity index (χ1v) is 13.4. The molecule has 4 rings (SSSR count). The summed E-state index contributed by atoms with van der Waals surface area (Å²) in [6.07, 6.45) is 1.39. The molecule has 0 aromatic heterocycles. The highest BCUT2D eigenvalue weighted by Gasteiger charge is 2.53. The molecular formula is C30H33NO11. The Morgan fingerprint density at radius 2 is 1.50 bits per heavy atom. The smallest absolute Gasteiger partial charge is 0.331 e. The molecule has 12 heteroatoms. The van der Waals surface area contributed by atoms with E-state index in [-0.39, 0.29) is 23.7 Å². The summed E-state index contributed by atoms with van der Waals surface area (Å²) in [6, 6.07) is 8.07. The number of aliphatic hydroxyl groups is 2. The molecule has 0 bridgehead atoms. The average molecular weight is 584 g/mol. The highest BCUT2D eigenvalue weighted by Crippen LogP contribution is 2.35. The van der Waals surface area contributed by atoms with Gasteiger partial charge >= 0.3 is 11.9 Å². The first kappa shape index (κ1) is 30.4. The molecule has 224 valence electrons. The topological polar surface area (TPSA) is 194 Å². The Morgan fingerprint density at radius 3 is 2.17 bits per heavy atom. The number of nitrogens with zero attached hydrogens (tertiary/aromatic N) is 1. The fraction of sp³-hybridized carbons (Fsp3) is 0.367. The van der Waals surface area contributed by atoms with Crippen molar-refractivity contribution in [1.82, 2.24) is 4.90 Å². The molecule has 12 nitrogen and oxygen atoms in total. The molecule has 1 saturated carbocycles. The molecule has 1 aliphatic heterocycles. The third-order valence-corrected chi connectivity index (χ3v) is 7.20. The molecule has 2 aromatic rings. The predicted octanol–water partition coefficient (Wildman–Crippen LogP) is 1.65. The van der Waals surface area contributed by atoms with Gasteiger partial charge in [0.2, 0.25) is 0 Å². The monoisotopic (exact) mass is 583 g/mol. The maximum atomic E-state index is 13.1. The van der Waals surface area contributed by atoms with Crippen LogP contribution in [0.15, 0.2) is 54.6 Å². The molecule has 1 aliphatic carbocycles. The van der Waals surface area contributed by atoms with E-state index in [4.69, 9.17) is 9.47 Å². The van der Waals surface area contributed by atoms with Crippen molar-refractivity contribution >= 4 is 23.9 Å². The predicted molar refractivity (Wildman–Crippen MR) is 147 cm³/mol. The highest BCUT2D eigenvalue weighted by atomic mass is 16.6. The van der Waals surface area contributed by atoms with Gasteiger partial charge in [0.15, 0.2) is 29.1 Å². The number of esters is 2. The quantitative estimate of drug-likeness (QED) is 0.150. The maximum Gasteiger partial charge on any atom is 0.331 e. The van der Waals surface area contributed by atoms with Gasteiger partial charge in [0, 0.05) is 38.1 Å². The standard InChI is InChI=1S/C30H33NO11/c32-20-9-6-18(14-22(20)34)4-3-5-26(37)41-25-17-30(40,29(39)31-12-1-2-13-31)16-24(36)28(25)42-27(38)11-8-19-7-10-21(33)23(35)15-19/h3,5-11,14-15,24-25,28,32-36,40H,1-2,4,12-13,16-17H2/b5-3+,11-8+/t24-,25-,28-,30+/m1/s1. The normalized spacial score (nSPS) is 24.2. The van der Waals surface area contributed by atoms with Crippen LogP contribution in [0.1, 0.15) is 36.8 Å². The number of phenolic OH excluding ortho intramolecular Hbond substituents is 4. The van der Waals surface area contributed by atoms with E-state index in [1.54, 1.807) is 6.07 Å². The van der Waals surface area contributed by atoms with Gasteiger partial charge in [-0.2, -0.15) is 0 Å². The number of allylic oxidation sites excluding steroid dienone is 1. The van der Waals surface area contributed by atoms with Crippen molar-refractivity contribution in [2.24, 2.45) is 0 Å². The van der Waals surface area contributed by atoms with Crippen LogP contribution >= 0.6 is 0 Å². The molecule has 1 heterocycles. The lowest BCUT2D eigenvalue weighted by Crippen LogP contribution is -2.60. The van der Waals surface area contributed by atoms with E-state index >= 15 is 0 Å². The van der Waals surface area contributed by atoms with E-state index in [2.05, 4.69) is 0 Å². The van der Waals surface area contributed by atoms with Crippen LogP contribution < -0.4 is 0 Å². The molecule has 2 aliphatic rings. The van der Waals surface area contributed by atoms with Crippen LogP contribution in [-0.2, 0) is 30.3 Å². The minimum atomic E-state index is -2.05. The van der Waals surface area contributed by atoms with Crippen LogP contribution in [0.5, 0.6) is 23.0 Å². The van der Waals surface area contributed by atoms with Gasteiger partial charge in [-0.25, -0.2) is 9.59 Å². The van der Waals surface area contributed by atoms with Crippen molar-refractivity contribution < 1.29 is 54.5 Å². The third-order valence-electron chi connectivity index (χ3n) is 7.20. The zero-order chi connectivity index (χ0) is 30.4. The molecule has 1 amide bonds. The summed E-state index contributed by atoms with van der Waals surface area (Å²) in [5, 5.41) is 60.3. The average Bonchev–Trinajstić information content (AvgIpc) is 3.48. The molecule has 2 fully saturated rings. The molecule has 6 N–H and O–H groups in total. The van der Waals surface area contributed by atoms with Gasteiger partial charge in [-0.15, -0.1) is 0 Å². The van der Waals surface area contributed by atoms with Gasteiger partial charge in [-0.05, 0) is 60.7 Å². The van der Waals surface area contributed by atoms with E-state index < -0.39 is 60.3 Å². The second-order valence-corrected chi connectivity index (χ2v) is 10.4. The number of aliphatic hydroxyl groups excluding tert-OH is 1. The molecule has 2 aromatic carbocycles. The SMILES string of the molecule is O=C(/C=C/c1ccc(O)c(O)c1)O[C@@H]1[C@H](O)C[C@@](O)(C(=O)N2CCCC2)C[C@H]1OC(=O)/C=C/Cc1ccc(O)c(O)c1. The molecule has 0 spiro atoms. The highest BCUT2D eigenvalue weighted by molar-refractivity contribution is 5.88. The summed E-state index contributed by atoms with van der Waals surface area (Å²) in [5.41, 5.74) is -1.09. The Kier molecular flexibility index (Phi) is 9.38. The fourth-order valence-corrected chi connectivity index (χ4v) is 5.05. The third kappa shape index (κ3) is 7.39. The molecule has 1 saturated heterocycles. The Labute approximate surface area is 241 Å². The molecular weight excluding hydrogens is 550 g/mol. The van der Waals surface area contributed by atoms with Gasteiger partial charge < -0.3 is 45.0 Å². The number of phenols is 4. The Hall–Kier alpha value is -4.55. The minimum absolute atomic E-state index is 0.198. The van der Waals surface area contributed by atoms with Crippen LogP contribution in [0.2, 0.25) is 0 Å². The summed E-state index contributed by atoms with van der Waals surface area (Å²) < 4.78 is 10.9. The Bertz CT molecular complexity index is 1380. The van der Waals surface area contributed by atoms with Gasteiger partial charge in [-0.3, -0.25) is 4.79 Å². The zero-order valence-electron chi connectivity index (χ0n) is 22.6. The van der Waals surface area contributed by atoms with E-state index in [9.17, 15) is 45.0 Å². The lowest BCUT2D eigenvalue weighted by Gasteiger charge is -2.43. The largest absolute Gasteiger partial charge is 0.504 e. The van der Waals surface area contributed by atoms with Crippen LogP contribution in [0.3, 0.4) is 0 Å². The maximum absolute atomic E-state index is 13.1. The van der Waals surface area contributed by atoms with Crippen LogP contribution in [-0.4, -0.2) is 90.4 Å². The second kappa shape index (κ2) is 13.0. The number of ether oxygens (including phenoxy) is 2. The van der Waals surface area contributed by atoms with Gasteiger partial charge in [0.25, 0.3) is 5.91 Å². The number of hydrogen-bond donors (Lipinski definition) is 6.